The van der Waals surface area contributed by atoms with Gasteiger partial charge in [-0.1, -0.05) is 0 Å². The molecular weight excluding hydrogens is 775 g/mol. The van der Waals surface area contributed by atoms with E-state index < -0.39 is 20.3 Å². The summed E-state index contributed by atoms with van der Waals surface area (Å²) in [6.45, 7) is 14.0. The van der Waals surface area contributed by atoms with E-state index in [4.69, 9.17) is 0 Å². The summed E-state index contributed by atoms with van der Waals surface area (Å²) in [5.74, 6) is 1.55. The van der Waals surface area contributed by atoms with Gasteiger partial charge in [-0.05, 0) is 0 Å². The molecule has 2 saturated carbocycles. The predicted octanol–water partition coefficient (Wildman–Crippen LogP) is 8.97. The molecule has 0 bridgehead atoms. The average Bonchev–Trinajstić information content (AvgIpc) is 3.94. The standard InChI is InChI=1S/2C24H27.C3H6.2ClH.Zr/c2*1-24(2,3)21-13-11-18(12-14-21)22-10-6-9-19-15-20(16-23(19)22)17-7-4-5-8-17;1-3-2;;;/h2*6,9-17H,4-5,7-8H2,1-3H3;1-3H2;2*1H;/q;;;;;+2/p-2. The maximum absolute atomic E-state index is 2.98. The minimum Gasteiger partial charge on any atom is -1.00 e. The maximum atomic E-state index is 2.79. The third-order valence-corrected chi connectivity index (χ3v) is 29.5. The first-order chi connectivity index (χ1) is 25.0. The average molecular weight is 835 g/mol. The Balaban J connectivity index is 0.00000225. The molecule has 282 valence electrons. The van der Waals surface area contributed by atoms with Crippen LogP contribution in [0.4, 0.5) is 0 Å². The summed E-state index contributed by atoms with van der Waals surface area (Å²) in [6, 6.07) is 34.1. The fraction of sp³-hybridized carbons (Fsp3) is 0.451. The second-order valence-electron chi connectivity index (χ2n) is 19.5. The number of hydrogen-bond donors (Lipinski definition) is 0. The zero-order valence-electron chi connectivity index (χ0n) is 33.6. The molecule has 4 aliphatic carbocycles. The molecule has 1 heterocycles. The number of rotatable bonds is 6. The molecular formula is C51H60Cl2Zr. The van der Waals surface area contributed by atoms with Crippen LogP contribution in [0.15, 0.2) is 96.1 Å². The summed E-state index contributed by atoms with van der Waals surface area (Å²) in [7, 11) is 0. The van der Waals surface area contributed by atoms with Crippen LogP contribution in [0, 0.1) is 11.8 Å². The summed E-state index contributed by atoms with van der Waals surface area (Å²) < 4.78 is 4.52. The van der Waals surface area contributed by atoms with Gasteiger partial charge in [0.15, 0.2) is 0 Å². The summed E-state index contributed by atoms with van der Waals surface area (Å²) in [5.41, 5.74) is 19.3. The second-order valence-corrected chi connectivity index (χ2v) is 30.8. The van der Waals surface area contributed by atoms with E-state index >= 15 is 0 Å². The van der Waals surface area contributed by atoms with Crippen molar-refractivity contribution in [3.8, 4) is 22.3 Å². The van der Waals surface area contributed by atoms with Crippen molar-refractivity contribution in [2.24, 2.45) is 11.8 Å². The first kappa shape index (κ1) is 40.0. The van der Waals surface area contributed by atoms with Crippen LogP contribution in [0.3, 0.4) is 0 Å². The molecule has 9 rings (SSSR count). The quantitative estimate of drug-likeness (QED) is 0.182. The van der Waals surface area contributed by atoms with Crippen LogP contribution in [0.2, 0.25) is 8.26 Å². The number of allylic oxidation sites excluding steroid dienone is 2. The molecule has 1 aliphatic heterocycles. The minimum absolute atomic E-state index is 0. The number of hydrogen-bond acceptors (Lipinski definition) is 0. The molecule has 2 atom stereocenters. The smallest absolute Gasteiger partial charge is 1.00 e. The van der Waals surface area contributed by atoms with Crippen molar-refractivity contribution < 1.29 is 45.1 Å². The first-order valence-electron chi connectivity index (χ1n) is 20.9. The topological polar surface area (TPSA) is 0 Å². The fourth-order valence-electron chi connectivity index (χ4n) is 11.5. The molecule has 4 aromatic rings. The number of benzene rings is 4. The summed E-state index contributed by atoms with van der Waals surface area (Å²) in [5, 5.41) is 0. The van der Waals surface area contributed by atoms with Crippen LogP contribution < -0.4 is 24.8 Å². The normalized spacial score (nSPS) is 21.5. The predicted molar refractivity (Wildman–Crippen MR) is 221 cm³/mol. The van der Waals surface area contributed by atoms with Crippen molar-refractivity contribution in [2.45, 2.75) is 126 Å². The second kappa shape index (κ2) is 15.3. The van der Waals surface area contributed by atoms with Crippen molar-refractivity contribution in [1.82, 2.24) is 0 Å². The molecule has 54 heavy (non-hydrogen) atoms. The monoisotopic (exact) mass is 832 g/mol. The Bertz CT molecular complexity index is 1890. The Morgan fingerprint density at radius 1 is 0.463 bits per heavy atom. The van der Waals surface area contributed by atoms with Gasteiger partial charge in [0.05, 0.1) is 0 Å². The Hall–Kier alpha value is -2.18. The van der Waals surface area contributed by atoms with Crippen molar-refractivity contribution in [3.05, 3.63) is 129 Å². The zero-order chi connectivity index (χ0) is 35.8. The van der Waals surface area contributed by atoms with E-state index in [0.717, 1.165) is 11.8 Å². The van der Waals surface area contributed by atoms with E-state index in [0.29, 0.717) is 7.25 Å². The number of halogens is 2. The summed E-state index contributed by atoms with van der Waals surface area (Å²) in [6.07, 6.45) is 18.3. The van der Waals surface area contributed by atoms with E-state index in [2.05, 4.69) is 139 Å². The largest absolute Gasteiger partial charge is 1.00 e. The molecule has 0 aromatic heterocycles. The van der Waals surface area contributed by atoms with Gasteiger partial charge in [-0.15, -0.1) is 0 Å². The van der Waals surface area contributed by atoms with Gasteiger partial charge in [-0.2, -0.15) is 0 Å². The molecule has 3 fully saturated rings. The van der Waals surface area contributed by atoms with Gasteiger partial charge >= 0.3 is 322 Å². The molecule has 0 spiro atoms. The molecule has 5 aliphatic rings. The summed E-state index contributed by atoms with van der Waals surface area (Å²) in [4.78, 5) is 0. The van der Waals surface area contributed by atoms with Crippen LogP contribution in [0.5, 0.6) is 0 Å². The van der Waals surface area contributed by atoms with E-state index in [1.165, 1.54) is 91.2 Å². The Labute approximate surface area is 344 Å². The first-order valence-corrected chi connectivity index (χ1v) is 27.2. The molecule has 0 N–H and O–H groups in total. The van der Waals surface area contributed by atoms with Gasteiger partial charge in [0, 0.05) is 0 Å². The molecule has 1 saturated heterocycles. The van der Waals surface area contributed by atoms with Crippen molar-refractivity contribution in [1.29, 1.82) is 0 Å². The third-order valence-electron chi connectivity index (χ3n) is 14.4. The SMILES string of the molecule is CC(C)(C)c1ccc(-c2cccc3c2C=C(C2CCCC2)[CH]3[Zr+2]2([CH]3C(C4CCCC4)=Cc4c(-c5ccc(C(C)(C)C)cc5)cccc43)[CH2]C[CH2]2)cc1.[Cl-].[Cl-]. The van der Waals surface area contributed by atoms with Gasteiger partial charge in [0.2, 0.25) is 0 Å². The minimum atomic E-state index is -2.98. The van der Waals surface area contributed by atoms with Crippen LogP contribution in [-0.4, -0.2) is 0 Å². The van der Waals surface area contributed by atoms with Crippen molar-refractivity contribution in [2.75, 3.05) is 0 Å². The van der Waals surface area contributed by atoms with Gasteiger partial charge < -0.3 is 24.8 Å². The zero-order valence-corrected chi connectivity index (χ0v) is 37.6. The van der Waals surface area contributed by atoms with Crippen molar-refractivity contribution in [3.63, 3.8) is 0 Å². The van der Waals surface area contributed by atoms with E-state index in [9.17, 15) is 0 Å². The number of fused-ring (bicyclic) bond motifs is 2. The van der Waals surface area contributed by atoms with E-state index in [-0.39, 0.29) is 35.6 Å². The Morgan fingerprint density at radius 3 is 1.15 bits per heavy atom. The fourth-order valence-corrected chi connectivity index (χ4v) is 27.1. The summed E-state index contributed by atoms with van der Waals surface area (Å²) >= 11 is -2.98. The van der Waals surface area contributed by atoms with Crippen LogP contribution in [-0.2, 0) is 31.1 Å². The van der Waals surface area contributed by atoms with E-state index in [1.807, 2.05) is 11.1 Å². The third kappa shape index (κ3) is 6.83. The van der Waals surface area contributed by atoms with Crippen molar-refractivity contribution >= 4 is 12.2 Å². The van der Waals surface area contributed by atoms with Gasteiger partial charge in [0.25, 0.3) is 0 Å². The molecule has 3 heteroatoms. The molecule has 0 amide bonds. The van der Waals surface area contributed by atoms with Gasteiger partial charge in [0.1, 0.15) is 0 Å². The van der Waals surface area contributed by atoms with E-state index in [1.54, 1.807) is 30.5 Å². The molecule has 0 nitrogen and oxygen atoms in total. The molecule has 2 unspecified atom stereocenters. The van der Waals surface area contributed by atoms with Crippen LogP contribution in [0.25, 0.3) is 34.4 Å². The van der Waals surface area contributed by atoms with Gasteiger partial charge in [-0.3, -0.25) is 0 Å². The van der Waals surface area contributed by atoms with Crippen LogP contribution in [0.1, 0.15) is 140 Å². The van der Waals surface area contributed by atoms with Crippen LogP contribution >= 0.6 is 0 Å². The van der Waals surface area contributed by atoms with Gasteiger partial charge in [-0.25, -0.2) is 0 Å². The molecule has 0 radical (unpaired) electrons. The maximum Gasteiger partial charge on any atom is -1.00 e. The Morgan fingerprint density at radius 2 is 0.833 bits per heavy atom. The Kier molecular flexibility index (Phi) is 11.3. The molecule has 4 aromatic carbocycles.